The highest BCUT2D eigenvalue weighted by molar-refractivity contribution is 5.97. The molecule has 1 rings (SSSR count). The zero-order valence-electron chi connectivity index (χ0n) is 13.3. The van der Waals surface area contributed by atoms with Crippen molar-refractivity contribution < 1.29 is 19.5 Å². The number of carboxylic acids is 1. The van der Waals surface area contributed by atoms with Crippen LogP contribution in [0, 0.1) is 19.8 Å². The van der Waals surface area contributed by atoms with Crippen LogP contribution in [-0.2, 0) is 9.59 Å². The summed E-state index contributed by atoms with van der Waals surface area (Å²) in [4.78, 5) is 34.8. The number of hydrogen-bond acceptors (Lipinski definition) is 3. The molecule has 0 saturated carbocycles. The van der Waals surface area contributed by atoms with Crippen molar-refractivity contribution >= 4 is 17.8 Å². The van der Waals surface area contributed by atoms with Crippen molar-refractivity contribution in [3.05, 3.63) is 34.9 Å². The lowest BCUT2D eigenvalue weighted by molar-refractivity contribution is -0.142. The fourth-order valence-electron chi connectivity index (χ4n) is 2.11. The predicted molar refractivity (Wildman–Crippen MR) is 82.7 cm³/mol. The smallest absolute Gasteiger partial charge is 0.326 e. The number of benzene rings is 1. The van der Waals surface area contributed by atoms with Crippen LogP contribution in [0.4, 0.5) is 0 Å². The fourth-order valence-corrected chi connectivity index (χ4v) is 2.11. The molecule has 0 aliphatic rings. The molecule has 2 amide bonds. The van der Waals surface area contributed by atoms with Crippen molar-refractivity contribution in [1.29, 1.82) is 0 Å². The van der Waals surface area contributed by atoms with Crippen molar-refractivity contribution in [2.75, 3.05) is 6.54 Å². The quantitative estimate of drug-likeness (QED) is 0.737. The topological polar surface area (TPSA) is 95.5 Å². The highest BCUT2D eigenvalue weighted by Crippen LogP contribution is 2.08. The van der Waals surface area contributed by atoms with Crippen LogP contribution in [0.2, 0.25) is 0 Å². The van der Waals surface area contributed by atoms with Gasteiger partial charge >= 0.3 is 5.97 Å². The summed E-state index contributed by atoms with van der Waals surface area (Å²) in [7, 11) is 0. The summed E-state index contributed by atoms with van der Waals surface area (Å²) in [6.45, 7) is 6.91. The van der Waals surface area contributed by atoms with Crippen LogP contribution in [0.3, 0.4) is 0 Å². The number of aliphatic carboxylic acids is 1. The minimum atomic E-state index is -1.09. The lowest BCUT2D eigenvalue weighted by atomic mass is 10.0. The van der Waals surface area contributed by atoms with Crippen LogP contribution in [0.1, 0.15) is 35.3 Å². The molecular weight excluding hydrogens is 284 g/mol. The van der Waals surface area contributed by atoms with E-state index in [4.69, 9.17) is 5.11 Å². The van der Waals surface area contributed by atoms with E-state index in [2.05, 4.69) is 10.6 Å². The summed E-state index contributed by atoms with van der Waals surface area (Å²) in [5.74, 6) is -2.22. The van der Waals surface area contributed by atoms with E-state index >= 15 is 0 Å². The third kappa shape index (κ3) is 5.20. The second-order valence-electron chi connectivity index (χ2n) is 5.69. The molecule has 0 aromatic heterocycles. The number of nitrogens with one attached hydrogen (secondary N) is 2. The number of carbonyl (C=O) groups excluding carboxylic acids is 2. The average molecular weight is 306 g/mol. The summed E-state index contributed by atoms with van der Waals surface area (Å²) < 4.78 is 0. The Morgan fingerprint density at radius 3 is 2.09 bits per heavy atom. The van der Waals surface area contributed by atoms with Gasteiger partial charge in [0, 0.05) is 5.56 Å². The first-order chi connectivity index (χ1) is 10.2. The zero-order chi connectivity index (χ0) is 16.9. The Morgan fingerprint density at radius 2 is 1.64 bits per heavy atom. The Labute approximate surface area is 129 Å². The van der Waals surface area contributed by atoms with Crippen molar-refractivity contribution in [3.63, 3.8) is 0 Å². The number of hydrogen-bond donors (Lipinski definition) is 3. The summed E-state index contributed by atoms with van der Waals surface area (Å²) in [5, 5.41) is 13.9. The van der Waals surface area contributed by atoms with Gasteiger partial charge in [0.15, 0.2) is 0 Å². The van der Waals surface area contributed by atoms with Gasteiger partial charge in [0.2, 0.25) is 5.91 Å². The van der Waals surface area contributed by atoms with Crippen molar-refractivity contribution in [2.24, 2.45) is 5.92 Å². The largest absolute Gasteiger partial charge is 0.480 e. The SMILES string of the molecule is Cc1cc(C)cc(C(=O)NCC(=O)N[C@@H](C(=O)O)C(C)C)c1. The Bertz CT molecular complexity index is 561. The van der Waals surface area contributed by atoms with E-state index in [0.29, 0.717) is 5.56 Å². The van der Waals surface area contributed by atoms with Gasteiger partial charge in [-0.3, -0.25) is 9.59 Å². The number of amides is 2. The molecule has 0 aliphatic carbocycles. The van der Waals surface area contributed by atoms with Crippen molar-refractivity contribution in [3.8, 4) is 0 Å². The molecule has 0 bridgehead atoms. The molecule has 1 atom stereocenters. The molecule has 6 heteroatoms. The molecule has 120 valence electrons. The van der Waals surface area contributed by atoms with E-state index in [-0.39, 0.29) is 18.4 Å². The van der Waals surface area contributed by atoms with Crippen molar-refractivity contribution in [1.82, 2.24) is 10.6 Å². The number of rotatable bonds is 6. The summed E-state index contributed by atoms with van der Waals surface area (Å²) in [6.07, 6.45) is 0. The number of carboxylic acid groups (broad SMARTS) is 1. The van der Waals surface area contributed by atoms with Gasteiger partial charge in [-0.15, -0.1) is 0 Å². The molecule has 0 fully saturated rings. The third-order valence-corrected chi connectivity index (χ3v) is 3.14. The van der Waals surface area contributed by atoms with Crippen LogP contribution < -0.4 is 10.6 Å². The lowest BCUT2D eigenvalue weighted by Crippen LogP contribution is -2.48. The summed E-state index contributed by atoms with van der Waals surface area (Å²) >= 11 is 0. The van der Waals surface area contributed by atoms with Gasteiger partial charge in [-0.1, -0.05) is 31.0 Å². The highest BCUT2D eigenvalue weighted by Gasteiger charge is 2.23. The maximum Gasteiger partial charge on any atom is 0.326 e. The molecule has 0 aliphatic heterocycles. The van der Waals surface area contributed by atoms with Gasteiger partial charge in [-0.2, -0.15) is 0 Å². The monoisotopic (exact) mass is 306 g/mol. The van der Waals surface area contributed by atoms with E-state index in [1.807, 2.05) is 19.9 Å². The fraction of sp³-hybridized carbons (Fsp3) is 0.438. The standard InChI is InChI=1S/C16H22N2O4/c1-9(2)14(16(21)22)18-13(19)8-17-15(20)12-6-10(3)5-11(4)7-12/h5-7,9,14H,8H2,1-4H3,(H,17,20)(H,18,19)(H,21,22)/t14-/m1/s1. The van der Waals surface area contributed by atoms with Gasteiger partial charge in [-0.05, 0) is 31.9 Å². The third-order valence-electron chi connectivity index (χ3n) is 3.14. The number of aryl methyl sites for hydroxylation is 2. The Kier molecular flexibility index (Phi) is 6.10. The molecule has 6 nitrogen and oxygen atoms in total. The van der Waals surface area contributed by atoms with Gasteiger partial charge < -0.3 is 15.7 Å². The maximum absolute atomic E-state index is 12.0. The van der Waals surface area contributed by atoms with Crippen LogP contribution in [-0.4, -0.2) is 35.5 Å². The Morgan fingerprint density at radius 1 is 1.09 bits per heavy atom. The van der Waals surface area contributed by atoms with Crippen LogP contribution in [0.5, 0.6) is 0 Å². The normalized spacial score (nSPS) is 11.9. The van der Waals surface area contributed by atoms with Gasteiger partial charge in [0.25, 0.3) is 5.91 Å². The maximum atomic E-state index is 12.0. The summed E-state index contributed by atoms with van der Waals surface area (Å²) in [5.41, 5.74) is 2.39. The Hall–Kier alpha value is -2.37. The first kappa shape index (κ1) is 17.7. The first-order valence-electron chi connectivity index (χ1n) is 7.09. The molecule has 3 N–H and O–H groups in total. The zero-order valence-corrected chi connectivity index (χ0v) is 13.3. The van der Waals surface area contributed by atoms with E-state index in [1.165, 1.54) is 0 Å². The molecule has 0 radical (unpaired) electrons. The molecule has 0 spiro atoms. The van der Waals surface area contributed by atoms with E-state index in [1.54, 1.807) is 26.0 Å². The molecule has 1 aromatic carbocycles. The summed E-state index contributed by atoms with van der Waals surface area (Å²) in [6, 6.07) is 4.44. The second-order valence-corrected chi connectivity index (χ2v) is 5.69. The minimum absolute atomic E-state index is 0.239. The first-order valence-corrected chi connectivity index (χ1v) is 7.09. The van der Waals surface area contributed by atoms with Crippen LogP contribution >= 0.6 is 0 Å². The molecule has 22 heavy (non-hydrogen) atoms. The van der Waals surface area contributed by atoms with Gasteiger partial charge in [0.1, 0.15) is 6.04 Å². The Balaban J connectivity index is 2.60. The average Bonchev–Trinajstić information content (AvgIpc) is 2.40. The molecular formula is C16H22N2O4. The molecule has 0 heterocycles. The van der Waals surface area contributed by atoms with Gasteiger partial charge in [0.05, 0.1) is 6.54 Å². The van der Waals surface area contributed by atoms with Gasteiger partial charge in [-0.25, -0.2) is 4.79 Å². The van der Waals surface area contributed by atoms with E-state index < -0.39 is 17.9 Å². The second kappa shape index (κ2) is 7.59. The molecule has 0 saturated heterocycles. The van der Waals surface area contributed by atoms with E-state index in [9.17, 15) is 14.4 Å². The van der Waals surface area contributed by atoms with Crippen LogP contribution in [0.25, 0.3) is 0 Å². The lowest BCUT2D eigenvalue weighted by Gasteiger charge is -2.18. The molecule has 1 aromatic rings. The van der Waals surface area contributed by atoms with Crippen LogP contribution in [0.15, 0.2) is 18.2 Å². The highest BCUT2D eigenvalue weighted by atomic mass is 16.4. The molecule has 0 unspecified atom stereocenters. The number of carbonyl (C=O) groups is 3. The predicted octanol–water partition coefficient (Wildman–Crippen LogP) is 1.26. The van der Waals surface area contributed by atoms with Crippen molar-refractivity contribution in [2.45, 2.75) is 33.7 Å². The van der Waals surface area contributed by atoms with E-state index in [0.717, 1.165) is 11.1 Å². The minimum Gasteiger partial charge on any atom is -0.480 e.